The number of nitrogens with one attached hydrogen (secondary N) is 1. The van der Waals surface area contributed by atoms with Crippen molar-refractivity contribution in [3.63, 3.8) is 0 Å². The van der Waals surface area contributed by atoms with Crippen LogP contribution >= 0.6 is 15.9 Å². The van der Waals surface area contributed by atoms with Crippen LogP contribution in [0.3, 0.4) is 0 Å². The maximum Gasteiger partial charge on any atom is 0.416 e. The predicted molar refractivity (Wildman–Crippen MR) is 65.9 cm³/mol. The van der Waals surface area contributed by atoms with Gasteiger partial charge < -0.3 is 5.32 Å². The highest BCUT2D eigenvalue weighted by Crippen LogP contribution is 2.34. The fraction of sp³-hybridized carbons (Fsp3) is 0.500. The maximum atomic E-state index is 12.6. The summed E-state index contributed by atoms with van der Waals surface area (Å²) in [5.74, 6) is 0. The Bertz CT molecular complexity index is 377. The van der Waals surface area contributed by atoms with Crippen LogP contribution in [0, 0.1) is 0 Å². The normalized spacial score (nSPS) is 13.8. The lowest BCUT2D eigenvalue weighted by Crippen LogP contribution is -2.21. The number of hydrogen-bond acceptors (Lipinski definition) is 1. The van der Waals surface area contributed by atoms with Crippen molar-refractivity contribution in [2.24, 2.45) is 0 Å². The van der Waals surface area contributed by atoms with Crippen molar-refractivity contribution in [1.82, 2.24) is 5.32 Å². The van der Waals surface area contributed by atoms with E-state index in [0.29, 0.717) is 10.0 Å². The van der Waals surface area contributed by atoms with Gasteiger partial charge in [-0.1, -0.05) is 29.8 Å². The molecule has 1 nitrogen and oxygen atoms in total. The summed E-state index contributed by atoms with van der Waals surface area (Å²) in [4.78, 5) is 0. The van der Waals surface area contributed by atoms with E-state index in [4.69, 9.17) is 0 Å². The van der Waals surface area contributed by atoms with E-state index in [2.05, 4.69) is 21.2 Å². The van der Waals surface area contributed by atoms with E-state index < -0.39 is 11.7 Å². The van der Waals surface area contributed by atoms with Crippen LogP contribution < -0.4 is 5.32 Å². The molecule has 0 radical (unpaired) electrons. The third-order valence-electron chi connectivity index (χ3n) is 2.56. The van der Waals surface area contributed by atoms with Gasteiger partial charge in [-0.05, 0) is 36.7 Å². The molecule has 0 aromatic heterocycles. The van der Waals surface area contributed by atoms with Crippen LogP contribution in [0.4, 0.5) is 13.2 Å². The Morgan fingerprint density at radius 1 is 1.29 bits per heavy atom. The monoisotopic (exact) mass is 309 g/mol. The summed E-state index contributed by atoms with van der Waals surface area (Å²) in [5, 5.41) is 3.17. The molecule has 0 fully saturated rings. The van der Waals surface area contributed by atoms with E-state index in [1.54, 1.807) is 0 Å². The average molecular weight is 310 g/mol. The van der Waals surface area contributed by atoms with E-state index in [0.717, 1.165) is 19.0 Å². The van der Waals surface area contributed by atoms with Crippen molar-refractivity contribution >= 4 is 15.9 Å². The molecule has 0 saturated carbocycles. The van der Waals surface area contributed by atoms with Crippen LogP contribution in [-0.2, 0) is 6.18 Å². The molecular formula is C12H15BrF3N. The summed E-state index contributed by atoms with van der Waals surface area (Å²) < 4.78 is 38.6. The Labute approximate surface area is 108 Å². The van der Waals surface area contributed by atoms with Crippen LogP contribution in [0.1, 0.15) is 37.4 Å². The molecule has 17 heavy (non-hydrogen) atoms. The highest BCUT2D eigenvalue weighted by Gasteiger charge is 2.31. The molecule has 1 rings (SSSR count). The first-order valence-electron chi connectivity index (χ1n) is 5.50. The van der Waals surface area contributed by atoms with E-state index >= 15 is 0 Å². The number of alkyl halides is 3. The van der Waals surface area contributed by atoms with Gasteiger partial charge in [0.05, 0.1) is 5.56 Å². The first kappa shape index (κ1) is 14.5. The Balaban J connectivity index is 3.13. The molecule has 96 valence electrons. The minimum absolute atomic E-state index is 0.0586. The highest BCUT2D eigenvalue weighted by molar-refractivity contribution is 9.10. The third kappa shape index (κ3) is 3.71. The summed E-state index contributed by atoms with van der Waals surface area (Å²) in [7, 11) is 0. The first-order chi connectivity index (χ1) is 7.90. The quantitative estimate of drug-likeness (QED) is 0.861. The molecule has 0 bridgehead atoms. The largest absolute Gasteiger partial charge is 0.416 e. The molecule has 1 unspecified atom stereocenters. The molecule has 0 aliphatic heterocycles. The zero-order valence-corrected chi connectivity index (χ0v) is 11.3. The Morgan fingerprint density at radius 2 is 1.94 bits per heavy atom. The molecular weight excluding hydrogens is 295 g/mol. The van der Waals surface area contributed by atoms with Gasteiger partial charge in [-0.15, -0.1) is 0 Å². The molecule has 0 saturated heterocycles. The number of hydrogen-bond donors (Lipinski definition) is 1. The fourth-order valence-corrected chi connectivity index (χ4v) is 2.23. The van der Waals surface area contributed by atoms with E-state index in [9.17, 15) is 13.2 Å². The fourth-order valence-electron chi connectivity index (χ4n) is 1.71. The number of benzene rings is 1. The molecule has 5 heteroatoms. The molecule has 0 spiro atoms. The summed E-state index contributed by atoms with van der Waals surface area (Å²) in [5.41, 5.74) is 0.0521. The van der Waals surface area contributed by atoms with Gasteiger partial charge >= 0.3 is 6.18 Å². The van der Waals surface area contributed by atoms with Gasteiger partial charge in [-0.2, -0.15) is 13.2 Å². The maximum absolute atomic E-state index is 12.6. The van der Waals surface area contributed by atoms with Gasteiger partial charge in [-0.3, -0.25) is 0 Å². The van der Waals surface area contributed by atoms with Crippen LogP contribution in [-0.4, -0.2) is 6.54 Å². The van der Waals surface area contributed by atoms with Crippen LogP contribution in [0.5, 0.6) is 0 Å². The lowest BCUT2D eigenvalue weighted by molar-refractivity contribution is -0.137. The molecule has 1 N–H and O–H groups in total. The van der Waals surface area contributed by atoms with Gasteiger partial charge in [-0.25, -0.2) is 0 Å². The van der Waals surface area contributed by atoms with Crippen molar-refractivity contribution in [1.29, 1.82) is 0 Å². The molecule has 0 aliphatic carbocycles. The molecule has 1 atom stereocenters. The van der Waals surface area contributed by atoms with Crippen molar-refractivity contribution in [2.75, 3.05) is 6.54 Å². The van der Waals surface area contributed by atoms with Crippen molar-refractivity contribution in [2.45, 2.75) is 32.5 Å². The van der Waals surface area contributed by atoms with E-state index in [1.165, 1.54) is 12.1 Å². The lowest BCUT2D eigenvalue weighted by Gasteiger charge is -2.19. The Kier molecular flexibility index (Phi) is 5.01. The smallest absolute Gasteiger partial charge is 0.310 e. The highest BCUT2D eigenvalue weighted by atomic mass is 79.9. The van der Waals surface area contributed by atoms with Crippen LogP contribution in [0.15, 0.2) is 22.7 Å². The second-order valence-electron chi connectivity index (χ2n) is 3.75. The van der Waals surface area contributed by atoms with Gasteiger partial charge in [0.2, 0.25) is 0 Å². The Morgan fingerprint density at radius 3 is 2.41 bits per heavy atom. The van der Waals surface area contributed by atoms with Crippen LogP contribution in [0.25, 0.3) is 0 Å². The van der Waals surface area contributed by atoms with Crippen molar-refractivity contribution in [3.8, 4) is 0 Å². The third-order valence-corrected chi connectivity index (χ3v) is 3.28. The zero-order valence-electron chi connectivity index (χ0n) is 9.74. The summed E-state index contributed by atoms with van der Waals surface area (Å²) in [6, 6.07) is 3.70. The lowest BCUT2D eigenvalue weighted by atomic mass is 10.0. The van der Waals surface area contributed by atoms with Crippen molar-refractivity contribution in [3.05, 3.63) is 33.8 Å². The molecule has 0 heterocycles. The van der Waals surface area contributed by atoms with E-state index in [1.807, 2.05) is 13.8 Å². The SMILES string of the molecule is CCNC(CC)c1cc(C(F)(F)F)ccc1Br. The van der Waals surface area contributed by atoms with E-state index in [-0.39, 0.29) is 6.04 Å². The molecule has 1 aromatic carbocycles. The summed E-state index contributed by atoms with van der Waals surface area (Å²) in [6.07, 6.45) is -3.55. The topological polar surface area (TPSA) is 12.0 Å². The molecule has 1 aromatic rings. The predicted octanol–water partition coefficient (Wildman–Crippen LogP) is 4.53. The number of rotatable bonds is 4. The Hall–Kier alpha value is -0.550. The first-order valence-corrected chi connectivity index (χ1v) is 6.29. The summed E-state index contributed by atoms with van der Waals surface area (Å²) in [6.45, 7) is 4.60. The van der Waals surface area contributed by atoms with Gasteiger partial charge in [0.1, 0.15) is 0 Å². The van der Waals surface area contributed by atoms with Crippen molar-refractivity contribution < 1.29 is 13.2 Å². The second kappa shape index (κ2) is 5.87. The average Bonchev–Trinajstić information content (AvgIpc) is 2.25. The van der Waals surface area contributed by atoms with Crippen LogP contribution in [0.2, 0.25) is 0 Å². The second-order valence-corrected chi connectivity index (χ2v) is 4.61. The summed E-state index contributed by atoms with van der Waals surface area (Å²) >= 11 is 3.30. The minimum atomic E-state index is -4.29. The van der Waals surface area contributed by atoms with Gasteiger partial charge in [0.25, 0.3) is 0 Å². The standard InChI is InChI=1S/C12H15BrF3N/c1-3-11(17-4-2)9-7-8(12(14,15)16)5-6-10(9)13/h5-7,11,17H,3-4H2,1-2H3. The number of halogens is 4. The molecule has 0 amide bonds. The van der Waals surface area contributed by atoms with Gasteiger partial charge in [0.15, 0.2) is 0 Å². The zero-order chi connectivity index (χ0) is 13.1. The minimum Gasteiger partial charge on any atom is -0.310 e. The molecule has 0 aliphatic rings. The van der Waals surface area contributed by atoms with Gasteiger partial charge in [0, 0.05) is 10.5 Å².